The summed E-state index contributed by atoms with van der Waals surface area (Å²) in [6.45, 7) is -1.01. The minimum absolute atomic E-state index is 0.0765. The lowest BCUT2D eigenvalue weighted by Gasteiger charge is -2.28. The standard InChI is InChI=1S/C20H22N2O10/c23-11-1-9(2-12(24)5-11)17(28)21-7-15-16(27)20(31,19(30)32-15)8-22-18(29)10-3-13(25)6-14(26)4-10/h1-6,15-16,19,23-27,30-31H,7-8H2,(H,21,28)(H,22,29)/t15-,16-,19?,20-/m1/s1. The Balaban J connectivity index is 1.61. The molecule has 4 atom stereocenters. The maximum atomic E-state index is 12.2. The van der Waals surface area contributed by atoms with Crippen molar-refractivity contribution in [1.29, 1.82) is 0 Å². The van der Waals surface area contributed by atoms with Crippen molar-refractivity contribution in [3.05, 3.63) is 47.5 Å². The van der Waals surface area contributed by atoms with Gasteiger partial charge in [0.05, 0.1) is 6.54 Å². The molecule has 1 unspecified atom stereocenters. The minimum Gasteiger partial charge on any atom is -0.508 e. The van der Waals surface area contributed by atoms with Crippen LogP contribution in [0.1, 0.15) is 20.7 Å². The molecule has 0 saturated carbocycles. The fourth-order valence-electron chi connectivity index (χ4n) is 3.25. The third kappa shape index (κ3) is 4.84. The van der Waals surface area contributed by atoms with E-state index in [0.29, 0.717) is 0 Å². The van der Waals surface area contributed by atoms with Gasteiger partial charge in [0.15, 0.2) is 11.9 Å². The summed E-state index contributed by atoms with van der Waals surface area (Å²) in [6.07, 6.45) is -4.90. The molecular weight excluding hydrogens is 428 g/mol. The van der Waals surface area contributed by atoms with E-state index in [2.05, 4.69) is 10.6 Å². The van der Waals surface area contributed by atoms with Crippen molar-refractivity contribution >= 4 is 11.8 Å². The Morgan fingerprint density at radius 1 is 0.812 bits per heavy atom. The molecule has 1 heterocycles. The van der Waals surface area contributed by atoms with Crippen LogP contribution in [0, 0.1) is 0 Å². The van der Waals surface area contributed by atoms with Gasteiger partial charge in [-0.1, -0.05) is 0 Å². The van der Waals surface area contributed by atoms with Gasteiger partial charge in [-0.25, -0.2) is 0 Å². The Morgan fingerprint density at radius 3 is 1.72 bits per heavy atom. The van der Waals surface area contributed by atoms with Crippen LogP contribution in [-0.4, -0.2) is 84.7 Å². The van der Waals surface area contributed by atoms with Crippen molar-refractivity contribution in [2.24, 2.45) is 0 Å². The summed E-state index contributed by atoms with van der Waals surface area (Å²) >= 11 is 0. The number of hydrogen-bond donors (Lipinski definition) is 9. The first-order valence-electron chi connectivity index (χ1n) is 9.36. The number of carbonyl (C=O) groups excluding carboxylic acids is 2. The molecule has 0 spiro atoms. The highest BCUT2D eigenvalue weighted by Crippen LogP contribution is 2.30. The Morgan fingerprint density at radius 2 is 1.25 bits per heavy atom. The predicted octanol–water partition coefficient (Wildman–Crippen LogP) is -1.52. The highest BCUT2D eigenvalue weighted by Gasteiger charge is 2.55. The van der Waals surface area contributed by atoms with Crippen LogP contribution in [0.2, 0.25) is 0 Å². The molecule has 32 heavy (non-hydrogen) atoms. The maximum absolute atomic E-state index is 12.2. The minimum atomic E-state index is -2.33. The fraction of sp³-hybridized carbons (Fsp3) is 0.300. The van der Waals surface area contributed by atoms with Crippen molar-refractivity contribution in [2.45, 2.75) is 24.1 Å². The molecule has 2 amide bonds. The van der Waals surface area contributed by atoms with Crippen LogP contribution in [0.15, 0.2) is 36.4 Å². The van der Waals surface area contributed by atoms with Crippen LogP contribution in [0.25, 0.3) is 0 Å². The zero-order valence-electron chi connectivity index (χ0n) is 16.5. The quantitative estimate of drug-likeness (QED) is 0.248. The molecular formula is C20H22N2O10. The van der Waals surface area contributed by atoms with Crippen LogP contribution < -0.4 is 10.6 Å². The number of aromatic hydroxyl groups is 4. The first-order valence-corrected chi connectivity index (χ1v) is 9.36. The third-order valence-corrected chi connectivity index (χ3v) is 4.92. The molecule has 172 valence electrons. The van der Waals surface area contributed by atoms with Crippen LogP contribution >= 0.6 is 0 Å². The van der Waals surface area contributed by atoms with E-state index in [-0.39, 0.29) is 40.7 Å². The summed E-state index contributed by atoms with van der Waals surface area (Å²) in [5, 5.41) is 73.6. The average molecular weight is 450 g/mol. The molecule has 0 radical (unpaired) electrons. The molecule has 2 aromatic carbocycles. The Kier molecular flexibility index (Phi) is 6.41. The summed E-state index contributed by atoms with van der Waals surface area (Å²) in [5.74, 6) is -2.96. The highest BCUT2D eigenvalue weighted by atomic mass is 16.6. The molecule has 12 nitrogen and oxygen atoms in total. The highest BCUT2D eigenvalue weighted by molar-refractivity contribution is 5.95. The number of aliphatic hydroxyl groups is 3. The lowest BCUT2D eigenvalue weighted by atomic mass is 9.94. The van der Waals surface area contributed by atoms with E-state index in [1.54, 1.807) is 0 Å². The molecule has 3 rings (SSSR count). The van der Waals surface area contributed by atoms with Gasteiger partial charge in [0.1, 0.15) is 35.2 Å². The first kappa shape index (κ1) is 23.1. The van der Waals surface area contributed by atoms with E-state index in [0.717, 1.165) is 36.4 Å². The molecule has 1 aliphatic rings. The number of hydrogen-bond acceptors (Lipinski definition) is 10. The monoisotopic (exact) mass is 450 g/mol. The molecule has 1 saturated heterocycles. The van der Waals surface area contributed by atoms with E-state index in [1.165, 1.54) is 0 Å². The SMILES string of the molecule is O=C(NC[C@H]1OC(O)[C@@](O)(CNC(=O)c2cc(O)cc(O)c2)[C@@H]1O)c1cc(O)cc(O)c1. The number of carbonyl (C=O) groups is 2. The second-order valence-corrected chi connectivity index (χ2v) is 7.33. The second-order valence-electron chi connectivity index (χ2n) is 7.33. The fourth-order valence-corrected chi connectivity index (χ4v) is 3.25. The van der Waals surface area contributed by atoms with Crippen LogP contribution in [-0.2, 0) is 4.74 Å². The van der Waals surface area contributed by atoms with Gasteiger partial charge >= 0.3 is 0 Å². The Hall–Kier alpha value is -3.58. The van der Waals surface area contributed by atoms with Crippen molar-refractivity contribution in [3.8, 4) is 23.0 Å². The topological polar surface area (TPSA) is 209 Å². The van der Waals surface area contributed by atoms with Crippen molar-refractivity contribution < 1.29 is 50.1 Å². The molecule has 0 aromatic heterocycles. The second kappa shape index (κ2) is 8.88. The van der Waals surface area contributed by atoms with Crippen LogP contribution in [0.3, 0.4) is 0 Å². The van der Waals surface area contributed by atoms with E-state index < -0.39 is 42.5 Å². The van der Waals surface area contributed by atoms with Gasteiger partial charge in [0.2, 0.25) is 0 Å². The van der Waals surface area contributed by atoms with Gasteiger partial charge in [0.25, 0.3) is 11.8 Å². The number of ether oxygens (including phenoxy) is 1. The lowest BCUT2D eigenvalue weighted by Crippen LogP contribution is -2.56. The van der Waals surface area contributed by atoms with E-state index >= 15 is 0 Å². The number of aliphatic hydroxyl groups excluding tert-OH is 2. The number of rotatable bonds is 6. The smallest absolute Gasteiger partial charge is 0.251 e. The van der Waals surface area contributed by atoms with Gasteiger partial charge in [-0.05, 0) is 24.3 Å². The largest absolute Gasteiger partial charge is 0.508 e. The Labute approximate surface area is 180 Å². The van der Waals surface area contributed by atoms with Crippen molar-refractivity contribution in [3.63, 3.8) is 0 Å². The molecule has 0 aliphatic carbocycles. The van der Waals surface area contributed by atoms with Gasteiger partial charge < -0.3 is 51.1 Å². The Bertz CT molecular complexity index is 989. The summed E-state index contributed by atoms with van der Waals surface area (Å²) in [4.78, 5) is 24.4. The molecule has 9 N–H and O–H groups in total. The number of nitrogens with one attached hydrogen (secondary N) is 2. The lowest BCUT2D eigenvalue weighted by molar-refractivity contribution is -0.172. The van der Waals surface area contributed by atoms with Gasteiger partial charge in [-0.15, -0.1) is 0 Å². The van der Waals surface area contributed by atoms with E-state index in [1.807, 2.05) is 0 Å². The zero-order valence-corrected chi connectivity index (χ0v) is 16.5. The summed E-state index contributed by atoms with van der Waals surface area (Å²) in [6, 6.07) is 6.37. The van der Waals surface area contributed by atoms with Crippen LogP contribution in [0.5, 0.6) is 23.0 Å². The summed E-state index contributed by atoms with van der Waals surface area (Å²) < 4.78 is 5.11. The van der Waals surface area contributed by atoms with Gasteiger partial charge in [-0.2, -0.15) is 0 Å². The normalized spacial score (nSPS) is 24.8. The van der Waals surface area contributed by atoms with E-state index in [4.69, 9.17) is 4.74 Å². The van der Waals surface area contributed by atoms with Gasteiger partial charge in [0, 0.05) is 29.8 Å². The number of phenols is 4. The molecule has 1 fully saturated rings. The molecule has 12 heteroatoms. The molecule has 1 aliphatic heterocycles. The molecule has 2 aromatic rings. The van der Waals surface area contributed by atoms with Crippen molar-refractivity contribution in [2.75, 3.05) is 13.1 Å². The number of amides is 2. The van der Waals surface area contributed by atoms with E-state index in [9.17, 15) is 45.3 Å². The first-order chi connectivity index (χ1) is 15.0. The van der Waals surface area contributed by atoms with Crippen molar-refractivity contribution in [1.82, 2.24) is 10.6 Å². The maximum Gasteiger partial charge on any atom is 0.251 e. The van der Waals surface area contributed by atoms with Gasteiger partial charge in [-0.3, -0.25) is 9.59 Å². The summed E-state index contributed by atoms with van der Waals surface area (Å²) in [7, 11) is 0. The predicted molar refractivity (Wildman–Crippen MR) is 106 cm³/mol. The van der Waals surface area contributed by atoms with Crippen LogP contribution in [0.4, 0.5) is 0 Å². The molecule has 0 bridgehead atoms. The zero-order chi connectivity index (χ0) is 23.6. The average Bonchev–Trinajstić information content (AvgIpc) is 2.92. The third-order valence-electron chi connectivity index (χ3n) is 4.92. The summed E-state index contributed by atoms with van der Waals surface area (Å²) in [5.41, 5.74) is -2.53. The number of benzene rings is 2. The number of phenolic OH excluding ortho intramolecular Hbond substituents is 4.